The first kappa shape index (κ1) is 29.5. The molecule has 3 aromatic rings. The van der Waals surface area contributed by atoms with Crippen LogP contribution in [0, 0.1) is 6.92 Å². The first-order valence-corrected chi connectivity index (χ1v) is 14.0. The molecule has 0 heterocycles. The molecule has 0 spiro atoms. The molecule has 9 nitrogen and oxygen atoms in total. The minimum absolute atomic E-state index is 0.0691. The van der Waals surface area contributed by atoms with Crippen LogP contribution < -0.4 is 19.1 Å². The summed E-state index contributed by atoms with van der Waals surface area (Å²) < 4.78 is 39.6. The normalized spacial score (nSPS) is 11.8. The fourth-order valence-electron chi connectivity index (χ4n) is 4.32. The average molecular weight is 554 g/mol. The molecule has 2 amide bonds. The van der Waals surface area contributed by atoms with Gasteiger partial charge in [0.1, 0.15) is 12.6 Å². The molecule has 0 unspecified atom stereocenters. The summed E-state index contributed by atoms with van der Waals surface area (Å²) in [5.74, 6) is -0.225. The van der Waals surface area contributed by atoms with Crippen molar-refractivity contribution in [2.75, 3.05) is 32.1 Å². The molecular weight excluding hydrogens is 518 g/mol. The molecule has 0 saturated heterocycles. The molecule has 3 aromatic carbocycles. The second-order valence-corrected chi connectivity index (χ2v) is 10.8. The lowest BCUT2D eigenvalue weighted by Crippen LogP contribution is -2.51. The number of aryl methyl sites for hydroxylation is 1. The Morgan fingerprint density at radius 1 is 0.923 bits per heavy atom. The van der Waals surface area contributed by atoms with Crippen LogP contribution in [0.25, 0.3) is 0 Å². The van der Waals surface area contributed by atoms with E-state index < -0.39 is 28.5 Å². The minimum atomic E-state index is -4.23. The van der Waals surface area contributed by atoms with Crippen molar-refractivity contribution in [2.24, 2.45) is 0 Å². The highest BCUT2D eigenvalue weighted by molar-refractivity contribution is 7.92. The topological polar surface area (TPSA) is 105 Å². The van der Waals surface area contributed by atoms with E-state index in [0.717, 1.165) is 15.4 Å². The first-order chi connectivity index (χ1) is 18.7. The van der Waals surface area contributed by atoms with E-state index in [4.69, 9.17) is 9.47 Å². The molecule has 0 aromatic heterocycles. The summed E-state index contributed by atoms with van der Waals surface area (Å²) in [6, 6.07) is 19.5. The van der Waals surface area contributed by atoms with Gasteiger partial charge in [0.25, 0.3) is 10.0 Å². The summed E-state index contributed by atoms with van der Waals surface area (Å²) in [5, 5.41) is 2.62. The van der Waals surface area contributed by atoms with Crippen LogP contribution in [0.4, 0.5) is 5.69 Å². The predicted octanol–water partition coefficient (Wildman–Crippen LogP) is 3.76. The van der Waals surface area contributed by atoms with Crippen molar-refractivity contribution in [2.45, 2.75) is 37.8 Å². The van der Waals surface area contributed by atoms with Crippen molar-refractivity contribution >= 4 is 27.5 Å². The van der Waals surface area contributed by atoms with E-state index in [1.807, 2.05) is 38.1 Å². The maximum absolute atomic E-state index is 14.0. The molecule has 0 aliphatic heterocycles. The predicted molar refractivity (Wildman–Crippen MR) is 150 cm³/mol. The molecule has 3 rings (SSSR count). The number of carbonyl (C=O) groups is 2. The Kier molecular flexibility index (Phi) is 9.95. The number of anilines is 1. The Bertz CT molecular complexity index is 1400. The molecular formula is C29H35N3O6S. The molecule has 0 aliphatic rings. The lowest BCUT2D eigenvalue weighted by Gasteiger charge is -2.33. The SMILES string of the molecule is CC[C@H](C(=O)NC)N(Cc1cccc(C)c1)C(=O)CN(c1ccccc1)S(=O)(=O)c1ccc(OC)c(OC)c1. The Hall–Kier alpha value is -4.05. The molecule has 208 valence electrons. The Labute approximate surface area is 230 Å². The van der Waals surface area contributed by atoms with Crippen molar-refractivity contribution < 1.29 is 27.5 Å². The molecule has 0 saturated carbocycles. The number of nitrogens with one attached hydrogen (secondary N) is 1. The van der Waals surface area contributed by atoms with Crippen molar-refractivity contribution in [1.82, 2.24) is 10.2 Å². The number of hydrogen-bond acceptors (Lipinski definition) is 6. The number of carbonyl (C=O) groups excluding carboxylic acids is 2. The van der Waals surface area contributed by atoms with Crippen LogP contribution >= 0.6 is 0 Å². The van der Waals surface area contributed by atoms with E-state index >= 15 is 0 Å². The number of rotatable bonds is 12. The van der Waals surface area contributed by atoms with Crippen LogP contribution in [0.1, 0.15) is 24.5 Å². The molecule has 10 heteroatoms. The highest BCUT2D eigenvalue weighted by atomic mass is 32.2. The van der Waals surface area contributed by atoms with E-state index in [1.54, 1.807) is 30.3 Å². The summed E-state index contributed by atoms with van der Waals surface area (Å²) in [4.78, 5) is 28.1. The standard InChI is InChI=1S/C29H35N3O6S/c1-6-25(29(34)30-3)31(19-22-12-10-11-21(2)17-22)28(33)20-32(23-13-8-7-9-14-23)39(35,36)24-15-16-26(37-4)27(18-24)38-5/h7-18,25H,6,19-20H2,1-5H3,(H,30,34)/t25-/m1/s1. The van der Waals surface area contributed by atoms with E-state index in [9.17, 15) is 18.0 Å². The molecule has 0 fully saturated rings. The quantitative estimate of drug-likeness (QED) is 0.366. The number of benzene rings is 3. The number of para-hydroxylation sites is 1. The van der Waals surface area contributed by atoms with Gasteiger partial charge in [-0.05, 0) is 43.2 Å². The zero-order valence-electron chi connectivity index (χ0n) is 22.9. The Balaban J connectivity index is 2.07. The summed E-state index contributed by atoms with van der Waals surface area (Å²) in [6.45, 7) is 3.38. The lowest BCUT2D eigenvalue weighted by atomic mass is 10.1. The van der Waals surface area contributed by atoms with Crippen LogP contribution in [0.5, 0.6) is 11.5 Å². The van der Waals surface area contributed by atoms with E-state index in [-0.39, 0.29) is 23.1 Å². The third-order valence-corrected chi connectivity index (χ3v) is 8.10. The number of methoxy groups -OCH3 is 2. The molecule has 1 N–H and O–H groups in total. The van der Waals surface area contributed by atoms with Crippen molar-refractivity contribution in [3.63, 3.8) is 0 Å². The van der Waals surface area contributed by atoms with Crippen LogP contribution in [-0.4, -0.2) is 59.0 Å². The van der Waals surface area contributed by atoms with Gasteiger partial charge in [-0.15, -0.1) is 0 Å². The molecule has 39 heavy (non-hydrogen) atoms. The van der Waals surface area contributed by atoms with Gasteiger partial charge in [0.05, 0.1) is 24.8 Å². The van der Waals surface area contributed by atoms with Crippen LogP contribution in [-0.2, 0) is 26.2 Å². The molecule has 0 aliphatic carbocycles. The van der Waals surface area contributed by atoms with Crippen molar-refractivity contribution in [1.29, 1.82) is 0 Å². The third kappa shape index (κ3) is 6.88. The minimum Gasteiger partial charge on any atom is -0.493 e. The summed E-state index contributed by atoms with van der Waals surface area (Å²) >= 11 is 0. The Morgan fingerprint density at radius 2 is 1.62 bits per heavy atom. The second-order valence-electron chi connectivity index (χ2n) is 8.91. The van der Waals surface area contributed by atoms with E-state index in [2.05, 4.69) is 5.32 Å². The average Bonchev–Trinajstić information content (AvgIpc) is 2.95. The lowest BCUT2D eigenvalue weighted by molar-refractivity contribution is -0.140. The number of amides is 2. The maximum atomic E-state index is 14.0. The van der Waals surface area contributed by atoms with Gasteiger partial charge in [-0.2, -0.15) is 0 Å². The molecule has 1 atom stereocenters. The fourth-order valence-corrected chi connectivity index (χ4v) is 5.75. The van der Waals surface area contributed by atoms with Gasteiger partial charge in [0.15, 0.2) is 11.5 Å². The summed E-state index contributed by atoms with van der Waals surface area (Å²) in [6.07, 6.45) is 0.352. The number of hydrogen-bond donors (Lipinski definition) is 1. The number of likely N-dealkylation sites (N-methyl/N-ethyl adjacent to an activating group) is 1. The van der Waals surface area contributed by atoms with E-state index in [1.165, 1.54) is 44.4 Å². The van der Waals surface area contributed by atoms with Crippen LogP contribution in [0.15, 0.2) is 77.7 Å². The summed E-state index contributed by atoms with van der Waals surface area (Å²) in [7, 11) is 0.159. The third-order valence-electron chi connectivity index (χ3n) is 6.33. The Morgan fingerprint density at radius 3 is 2.21 bits per heavy atom. The zero-order valence-corrected chi connectivity index (χ0v) is 23.7. The summed E-state index contributed by atoms with van der Waals surface area (Å²) in [5.41, 5.74) is 2.15. The highest BCUT2D eigenvalue weighted by Crippen LogP contribution is 2.32. The van der Waals surface area contributed by atoms with Crippen molar-refractivity contribution in [3.8, 4) is 11.5 Å². The number of sulfonamides is 1. The monoisotopic (exact) mass is 553 g/mol. The fraction of sp³-hybridized carbons (Fsp3) is 0.310. The van der Waals surface area contributed by atoms with Crippen LogP contribution in [0.2, 0.25) is 0 Å². The van der Waals surface area contributed by atoms with Gasteiger partial charge in [-0.25, -0.2) is 8.42 Å². The largest absolute Gasteiger partial charge is 0.493 e. The second kappa shape index (κ2) is 13.1. The van der Waals surface area contributed by atoms with Gasteiger partial charge in [0, 0.05) is 19.7 Å². The smallest absolute Gasteiger partial charge is 0.264 e. The molecule has 0 radical (unpaired) electrons. The molecule has 0 bridgehead atoms. The van der Waals surface area contributed by atoms with Gasteiger partial charge in [-0.3, -0.25) is 13.9 Å². The first-order valence-electron chi connectivity index (χ1n) is 12.5. The van der Waals surface area contributed by atoms with Crippen LogP contribution in [0.3, 0.4) is 0 Å². The van der Waals surface area contributed by atoms with Gasteiger partial charge < -0.3 is 19.7 Å². The van der Waals surface area contributed by atoms with Gasteiger partial charge in [-0.1, -0.05) is 55.0 Å². The highest BCUT2D eigenvalue weighted by Gasteiger charge is 2.33. The van der Waals surface area contributed by atoms with E-state index in [0.29, 0.717) is 17.9 Å². The van der Waals surface area contributed by atoms with Gasteiger partial charge >= 0.3 is 0 Å². The van der Waals surface area contributed by atoms with Crippen molar-refractivity contribution in [3.05, 3.63) is 83.9 Å². The number of ether oxygens (including phenoxy) is 2. The maximum Gasteiger partial charge on any atom is 0.264 e. The van der Waals surface area contributed by atoms with Gasteiger partial charge in [0.2, 0.25) is 11.8 Å². The number of nitrogens with zero attached hydrogens (tertiary/aromatic N) is 2. The zero-order chi connectivity index (χ0) is 28.6.